The maximum atomic E-state index is 6.16. The van der Waals surface area contributed by atoms with E-state index in [1.165, 1.54) is 32.1 Å². The van der Waals surface area contributed by atoms with Crippen LogP contribution in [0.15, 0.2) is 15.5 Å². The molecule has 2 rings (SSSR count). The van der Waals surface area contributed by atoms with E-state index in [0.717, 1.165) is 22.9 Å². The fourth-order valence-electron chi connectivity index (χ4n) is 2.86. The molecular formula is C15H24N2O. The van der Waals surface area contributed by atoms with Crippen molar-refractivity contribution in [3.05, 3.63) is 23.2 Å². The standard InChI is InChI=1S/C15H24N2O/c1-10-9-14(12(3)18-10)11(2)17-15(16)13-7-5-4-6-8-13/h9,11,13H,4-8H2,1-3H3,(H2,16,17). The van der Waals surface area contributed by atoms with Crippen molar-refractivity contribution in [1.29, 1.82) is 0 Å². The highest BCUT2D eigenvalue weighted by Gasteiger charge is 2.19. The molecule has 0 saturated heterocycles. The fourth-order valence-corrected chi connectivity index (χ4v) is 2.86. The number of hydrogen-bond acceptors (Lipinski definition) is 2. The Hall–Kier alpha value is -1.25. The molecule has 1 atom stereocenters. The Balaban J connectivity index is 2.09. The van der Waals surface area contributed by atoms with Gasteiger partial charge in [-0.25, -0.2) is 0 Å². The average molecular weight is 248 g/mol. The molecule has 3 nitrogen and oxygen atoms in total. The Morgan fingerprint density at radius 3 is 2.56 bits per heavy atom. The molecule has 1 unspecified atom stereocenters. The van der Waals surface area contributed by atoms with Gasteiger partial charge in [-0.05, 0) is 39.7 Å². The van der Waals surface area contributed by atoms with Crippen molar-refractivity contribution < 1.29 is 4.42 Å². The summed E-state index contributed by atoms with van der Waals surface area (Å²) in [6, 6.07) is 2.17. The Morgan fingerprint density at radius 1 is 1.33 bits per heavy atom. The third-order valence-corrected chi connectivity index (χ3v) is 3.90. The highest BCUT2D eigenvalue weighted by molar-refractivity contribution is 5.83. The van der Waals surface area contributed by atoms with Gasteiger partial charge in [-0.3, -0.25) is 4.99 Å². The first kappa shape index (κ1) is 13.2. The van der Waals surface area contributed by atoms with Gasteiger partial charge >= 0.3 is 0 Å². The summed E-state index contributed by atoms with van der Waals surface area (Å²) in [5.74, 6) is 3.23. The first-order chi connectivity index (χ1) is 8.58. The summed E-state index contributed by atoms with van der Waals surface area (Å²) < 4.78 is 5.55. The number of furan rings is 1. The molecule has 0 aliphatic heterocycles. The molecular weight excluding hydrogens is 224 g/mol. The third kappa shape index (κ3) is 2.95. The lowest BCUT2D eigenvalue weighted by molar-refractivity contribution is 0.435. The highest BCUT2D eigenvalue weighted by Crippen LogP contribution is 2.27. The first-order valence-electron chi connectivity index (χ1n) is 6.98. The van der Waals surface area contributed by atoms with E-state index in [1.807, 2.05) is 13.8 Å². The van der Waals surface area contributed by atoms with Crippen LogP contribution >= 0.6 is 0 Å². The zero-order chi connectivity index (χ0) is 13.1. The number of amidine groups is 1. The number of nitrogens with two attached hydrogens (primary N) is 1. The van der Waals surface area contributed by atoms with E-state index in [1.54, 1.807) is 0 Å². The van der Waals surface area contributed by atoms with Crippen LogP contribution in [0, 0.1) is 19.8 Å². The maximum absolute atomic E-state index is 6.16. The Kier molecular flexibility index (Phi) is 4.10. The van der Waals surface area contributed by atoms with Crippen LogP contribution in [0.1, 0.15) is 62.2 Å². The normalized spacial score (nSPS) is 20.1. The number of rotatable bonds is 3. The summed E-state index contributed by atoms with van der Waals surface area (Å²) in [5, 5.41) is 0. The van der Waals surface area contributed by atoms with Crippen LogP contribution in [-0.4, -0.2) is 5.84 Å². The Labute approximate surface area is 109 Å². The van der Waals surface area contributed by atoms with Crippen LogP contribution in [-0.2, 0) is 0 Å². The van der Waals surface area contributed by atoms with E-state index < -0.39 is 0 Å². The van der Waals surface area contributed by atoms with Gasteiger partial charge in [-0.15, -0.1) is 0 Å². The molecule has 1 heterocycles. The van der Waals surface area contributed by atoms with Gasteiger partial charge in [0.15, 0.2) is 0 Å². The van der Waals surface area contributed by atoms with Gasteiger partial charge in [0.05, 0.1) is 11.9 Å². The smallest absolute Gasteiger partial charge is 0.106 e. The van der Waals surface area contributed by atoms with Crippen LogP contribution < -0.4 is 5.73 Å². The first-order valence-corrected chi connectivity index (χ1v) is 6.98. The molecule has 18 heavy (non-hydrogen) atoms. The van der Waals surface area contributed by atoms with Crippen LogP contribution in [0.4, 0.5) is 0 Å². The SMILES string of the molecule is Cc1cc(C(C)N=C(N)C2CCCCC2)c(C)o1. The number of aryl methyl sites for hydroxylation is 2. The van der Waals surface area contributed by atoms with Gasteiger partial charge in [-0.1, -0.05) is 19.3 Å². The second-order valence-electron chi connectivity index (χ2n) is 5.43. The third-order valence-electron chi connectivity index (χ3n) is 3.90. The predicted molar refractivity (Wildman–Crippen MR) is 74.8 cm³/mol. The van der Waals surface area contributed by atoms with Crippen LogP contribution in [0.2, 0.25) is 0 Å². The van der Waals surface area contributed by atoms with E-state index in [4.69, 9.17) is 10.2 Å². The van der Waals surface area contributed by atoms with Crippen molar-refractivity contribution in [1.82, 2.24) is 0 Å². The van der Waals surface area contributed by atoms with Crippen molar-refractivity contribution in [2.24, 2.45) is 16.6 Å². The topological polar surface area (TPSA) is 51.5 Å². The molecule has 0 bridgehead atoms. The number of aliphatic imine (C=N–C) groups is 1. The van der Waals surface area contributed by atoms with Crippen LogP contribution in [0.5, 0.6) is 0 Å². The zero-order valence-corrected chi connectivity index (χ0v) is 11.7. The van der Waals surface area contributed by atoms with E-state index in [2.05, 4.69) is 18.0 Å². The van der Waals surface area contributed by atoms with Gasteiger partial charge in [0.1, 0.15) is 11.5 Å². The van der Waals surface area contributed by atoms with E-state index in [9.17, 15) is 0 Å². The minimum absolute atomic E-state index is 0.101. The molecule has 0 aromatic carbocycles. The predicted octanol–water partition coefficient (Wildman–Crippen LogP) is 3.89. The maximum Gasteiger partial charge on any atom is 0.106 e. The fraction of sp³-hybridized carbons (Fsp3) is 0.667. The summed E-state index contributed by atoms with van der Waals surface area (Å²) in [4.78, 5) is 4.68. The summed E-state index contributed by atoms with van der Waals surface area (Å²) in [6.07, 6.45) is 6.33. The molecule has 100 valence electrons. The summed E-state index contributed by atoms with van der Waals surface area (Å²) >= 11 is 0. The van der Waals surface area contributed by atoms with Crippen LogP contribution in [0.3, 0.4) is 0 Å². The second kappa shape index (κ2) is 5.59. The zero-order valence-electron chi connectivity index (χ0n) is 11.7. The number of nitrogens with zero attached hydrogens (tertiary/aromatic N) is 1. The molecule has 1 saturated carbocycles. The minimum Gasteiger partial charge on any atom is -0.466 e. The Morgan fingerprint density at radius 2 is 2.00 bits per heavy atom. The molecule has 1 aliphatic carbocycles. The monoisotopic (exact) mass is 248 g/mol. The molecule has 0 radical (unpaired) electrons. The molecule has 1 aliphatic rings. The quantitative estimate of drug-likeness (QED) is 0.651. The van der Waals surface area contributed by atoms with Gasteiger partial charge in [-0.2, -0.15) is 0 Å². The summed E-state index contributed by atoms with van der Waals surface area (Å²) in [5.41, 5.74) is 7.32. The molecule has 0 amide bonds. The molecule has 1 fully saturated rings. The van der Waals surface area contributed by atoms with Crippen molar-refractivity contribution in [2.75, 3.05) is 0 Å². The van der Waals surface area contributed by atoms with Crippen molar-refractivity contribution >= 4 is 5.84 Å². The van der Waals surface area contributed by atoms with Crippen LogP contribution in [0.25, 0.3) is 0 Å². The van der Waals surface area contributed by atoms with E-state index in [0.29, 0.717) is 5.92 Å². The molecule has 1 aromatic heterocycles. The number of hydrogen-bond donors (Lipinski definition) is 1. The average Bonchev–Trinajstić information content (AvgIpc) is 2.69. The van der Waals surface area contributed by atoms with Gasteiger partial charge in [0.25, 0.3) is 0 Å². The lowest BCUT2D eigenvalue weighted by Gasteiger charge is -2.21. The lowest BCUT2D eigenvalue weighted by atomic mass is 9.88. The lowest BCUT2D eigenvalue weighted by Crippen LogP contribution is -2.26. The van der Waals surface area contributed by atoms with Crippen molar-refractivity contribution in [3.8, 4) is 0 Å². The van der Waals surface area contributed by atoms with Crippen molar-refractivity contribution in [2.45, 2.75) is 58.9 Å². The second-order valence-corrected chi connectivity index (χ2v) is 5.43. The minimum atomic E-state index is 0.101. The molecule has 1 aromatic rings. The molecule has 3 heteroatoms. The Bertz CT molecular complexity index is 428. The van der Waals surface area contributed by atoms with E-state index in [-0.39, 0.29) is 6.04 Å². The largest absolute Gasteiger partial charge is 0.466 e. The summed E-state index contributed by atoms with van der Waals surface area (Å²) in [7, 11) is 0. The van der Waals surface area contributed by atoms with Gasteiger partial charge < -0.3 is 10.2 Å². The van der Waals surface area contributed by atoms with Gasteiger partial charge in [0, 0.05) is 11.5 Å². The van der Waals surface area contributed by atoms with Crippen molar-refractivity contribution in [3.63, 3.8) is 0 Å². The molecule has 0 spiro atoms. The molecule has 2 N–H and O–H groups in total. The van der Waals surface area contributed by atoms with Gasteiger partial charge in [0.2, 0.25) is 0 Å². The highest BCUT2D eigenvalue weighted by atomic mass is 16.3. The summed E-state index contributed by atoms with van der Waals surface area (Å²) in [6.45, 7) is 6.05. The van der Waals surface area contributed by atoms with E-state index >= 15 is 0 Å².